The first-order valence-electron chi connectivity index (χ1n) is 5.63. The van der Waals surface area contributed by atoms with Crippen LogP contribution in [0.25, 0.3) is 0 Å². The fourth-order valence-corrected chi connectivity index (χ4v) is 1.32. The Balaban J connectivity index is 3.43. The number of unbranched alkanes of at least 4 members (excludes halogenated alkanes) is 3. The van der Waals surface area contributed by atoms with Gasteiger partial charge in [0, 0.05) is 0 Å². The van der Waals surface area contributed by atoms with Gasteiger partial charge in [-0.3, -0.25) is 0 Å². The van der Waals surface area contributed by atoms with E-state index in [-0.39, 0.29) is 0 Å². The maximum atomic E-state index is 2.29. The van der Waals surface area contributed by atoms with Crippen LogP contribution in [0.4, 0.5) is 0 Å². The third-order valence-corrected chi connectivity index (χ3v) is 2.14. The third-order valence-electron chi connectivity index (χ3n) is 2.14. The third kappa shape index (κ3) is 9.39. The lowest BCUT2D eigenvalue weighted by atomic mass is 10.1. The number of rotatable bonds is 7. The van der Waals surface area contributed by atoms with E-state index >= 15 is 0 Å². The summed E-state index contributed by atoms with van der Waals surface area (Å²) in [4.78, 5) is 0. The first-order valence-corrected chi connectivity index (χ1v) is 5.63. The van der Waals surface area contributed by atoms with Crippen LogP contribution in [-0.2, 0) is 0 Å². The van der Waals surface area contributed by atoms with Gasteiger partial charge in [0.1, 0.15) is 0 Å². The van der Waals surface area contributed by atoms with Crippen LogP contribution < -0.4 is 0 Å². The fraction of sp³-hybridized carbons (Fsp3) is 0.692. The molecule has 0 spiro atoms. The van der Waals surface area contributed by atoms with Crippen LogP contribution in [0.1, 0.15) is 59.3 Å². The van der Waals surface area contributed by atoms with Crippen molar-refractivity contribution in [1.82, 2.24) is 0 Å². The summed E-state index contributed by atoms with van der Waals surface area (Å²) in [6.07, 6.45) is 14.5. The van der Waals surface area contributed by atoms with E-state index in [0.717, 1.165) is 0 Å². The lowest BCUT2D eigenvalue weighted by molar-refractivity contribution is 0.729. The molecule has 0 aliphatic carbocycles. The SMILES string of the molecule is CCCCC/C=C\C=C(\C)CCC. The molecule has 0 amide bonds. The monoisotopic (exact) mass is 180 g/mol. The molecule has 0 aliphatic heterocycles. The smallest absolute Gasteiger partial charge is 0.0323 e. The number of hydrogen-bond donors (Lipinski definition) is 0. The van der Waals surface area contributed by atoms with Crippen molar-refractivity contribution >= 4 is 0 Å². The van der Waals surface area contributed by atoms with E-state index in [1.807, 2.05) is 0 Å². The molecule has 0 bridgehead atoms. The molecular weight excluding hydrogens is 156 g/mol. The van der Waals surface area contributed by atoms with Crippen molar-refractivity contribution in [3.8, 4) is 0 Å². The van der Waals surface area contributed by atoms with Crippen LogP contribution in [-0.4, -0.2) is 0 Å². The molecule has 0 heteroatoms. The van der Waals surface area contributed by atoms with Gasteiger partial charge in [-0.05, 0) is 26.2 Å². The first kappa shape index (κ1) is 12.5. The molecule has 0 aromatic carbocycles. The predicted octanol–water partition coefficient (Wildman–Crippen LogP) is 4.87. The molecule has 0 rings (SSSR count). The van der Waals surface area contributed by atoms with Crippen molar-refractivity contribution in [2.24, 2.45) is 0 Å². The van der Waals surface area contributed by atoms with Gasteiger partial charge in [-0.25, -0.2) is 0 Å². The quantitative estimate of drug-likeness (QED) is 0.387. The second-order valence-corrected chi connectivity index (χ2v) is 3.69. The molecule has 0 unspecified atom stereocenters. The zero-order valence-corrected chi connectivity index (χ0v) is 9.47. The minimum absolute atomic E-state index is 1.24. The molecule has 0 radical (unpaired) electrons. The van der Waals surface area contributed by atoms with Crippen LogP contribution in [0, 0.1) is 0 Å². The standard InChI is InChI=1S/C13H24/c1-4-6-7-8-9-10-12-13(3)11-5-2/h9-10,12H,4-8,11H2,1-3H3/b10-9-,13-12-. The van der Waals surface area contributed by atoms with Gasteiger partial charge in [0.05, 0.1) is 0 Å². The van der Waals surface area contributed by atoms with Crippen LogP contribution in [0.15, 0.2) is 23.8 Å². The van der Waals surface area contributed by atoms with Gasteiger partial charge in [-0.15, -0.1) is 0 Å². The Bertz CT molecular complexity index is 151. The van der Waals surface area contributed by atoms with Crippen LogP contribution in [0.3, 0.4) is 0 Å². The minimum atomic E-state index is 1.24. The lowest BCUT2D eigenvalue weighted by Crippen LogP contribution is -1.73. The Morgan fingerprint density at radius 3 is 2.46 bits per heavy atom. The van der Waals surface area contributed by atoms with E-state index < -0.39 is 0 Å². The summed E-state index contributed by atoms with van der Waals surface area (Å²) in [6, 6.07) is 0. The van der Waals surface area contributed by atoms with Crippen LogP contribution in [0.2, 0.25) is 0 Å². The van der Waals surface area contributed by atoms with Crippen molar-refractivity contribution in [3.63, 3.8) is 0 Å². The fourth-order valence-electron chi connectivity index (χ4n) is 1.32. The molecule has 0 aliphatic rings. The van der Waals surface area contributed by atoms with E-state index in [2.05, 4.69) is 39.0 Å². The van der Waals surface area contributed by atoms with Crippen molar-refractivity contribution in [3.05, 3.63) is 23.8 Å². The molecule has 0 aromatic rings. The molecule has 0 N–H and O–H groups in total. The Kier molecular flexibility index (Phi) is 9.18. The summed E-state index contributed by atoms with van der Waals surface area (Å²) in [5.74, 6) is 0. The van der Waals surface area contributed by atoms with E-state index in [1.165, 1.54) is 44.1 Å². The molecule has 0 heterocycles. The van der Waals surface area contributed by atoms with E-state index in [9.17, 15) is 0 Å². The van der Waals surface area contributed by atoms with Crippen molar-refractivity contribution in [1.29, 1.82) is 0 Å². The highest BCUT2D eigenvalue weighted by atomic mass is 13.9. The molecule has 0 saturated heterocycles. The second-order valence-electron chi connectivity index (χ2n) is 3.69. The molecule has 13 heavy (non-hydrogen) atoms. The maximum absolute atomic E-state index is 2.29. The highest BCUT2D eigenvalue weighted by Gasteiger charge is 1.83. The van der Waals surface area contributed by atoms with Crippen molar-refractivity contribution in [2.45, 2.75) is 59.3 Å². The first-order chi connectivity index (χ1) is 6.31. The number of hydrogen-bond acceptors (Lipinski definition) is 0. The average Bonchev–Trinajstić information content (AvgIpc) is 2.11. The molecule has 0 fully saturated rings. The largest absolute Gasteiger partial charge is 0.0845 e. The molecule has 0 aromatic heterocycles. The van der Waals surface area contributed by atoms with Crippen molar-refractivity contribution < 1.29 is 0 Å². The van der Waals surface area contributed by atoms with E-state index in [4.69, 9.17) is 0 Å². The Morgan fingerprint density at radius 2 is 1.85 bits per heavy atom. The summed E-state index contributed by atoms with van der Waals surface area (Å²) >= 11 is 0. The van der Waals surface area contributed by atoms with Gasteiger partial charge in [0.25, 0.3) is 0 Å². The zero-order valence-electron chi connectivity index (χ0n) is 9.47. The summed E-state index contributed by atoms with van der Waals surface area (Å²) < 4.78 is 0. The maximum Gasteiger partial charge on any atom is -0.0323 e. The van der Waals surface area contributed by atoms with Gasteiger partial charge >= 0.3 is 0 Å². The second kappa shape index (κ2) is 9.57. The van der Waals surface area contributed by atoms with Gasteiger partial charge < -0.3 is 0 Å². The normalized spacial score (nSPS) is 12.7. The zero-order chi connectivity index (χ0) is 9.94. The van der Waals surface area contributed by atoms with Gasteiger partial charge in [0.15, 0.2) is 0 Å². The van der Waals surface area contributed by atoms with E-state index in [0.29, 0.717) is 0 Å². The van der Waals surface area contributed by atoms with Crippen molar-refractivity contribution in [2.75, 3.05) is 0 Å². The topological polar surface area (TPSA) is 0 Å². The van der Waals surface area contributed by atoms with Crippen LogP contribution in [0.5, 0.6) is 0 Å². The Morgan fingerprint density at radius 1 is 1.08 bits per heavy atom. The highest BCUT2D eigenvalue weighted by Crippen LogP contribution is 2.04. The minimum Gasteiger partial charge on any atom is -0.0845 e. The predicted molar refractivity (Wildman–Crippen MR) is 61.9 cm³/mol. The Labute approximate surface area is 83.7 Å². The summed E-state index contributed by atoms with van der Waals surface area (Å²) in [7, 11) is 0. The molecule has 0 atom stereocenters. The summed E-state index contributed by atoms with van der Waals surface area (Å²) in [5, 5.41) is 0. The molecular formula is C13H24. The van der Waals surface area contributed by atoms with E-state index in [1.54, 1.807) is 0 Å². The molecule has 0 saturated carbocycles. The summed E-state index contributed by atoms with van der Waals surface area (Å²) in [5.41, 5.74) is 1.49. The van der Waals surface area contributed by atoms with Gasteiger partial charge in [-0.2, -0.15) is 0 Å². The highest BCUT2D eigenvalue weighted by molar-refractivity contribution is 5.10. The summed E-state index contributed by atoms with van der Waals surface area (Å²) in [6.45, 7) is 6.68. The van der Waals surface area contributed by atoms with Gasteiger partial charge in [-0.1, -0.05) is 56.9 Å². The van der Waals surface area contributed by atoms with Crippen LogP contribution >= 0.6 is 0 Å². The average molecular weight is 180 g/mol. The lowest BCUT2D eigenvalue weighted by Gasteiger charge is -1.94. The number of allylic oxidation sites excluding steroid dienone is 4. The van der Waals surface area contributed by atoms with Gasteiger partial charge in [0.2, 0.25) is 0 Å². The molecule has 0 nitrogen and oxygen atoms in total. The Hall–Kier alpha value is -0.520. The molecule has 76 valence electrons.